The van der Waals surface area contributed by atoms with Crippen LogP contribution < -0.4 is 11.1 Å². The fourth-order valence-corrected chi connectivity index (χ4v) is 1.73. The molecule has 1 saturated heterocycles. The van der Waals surface area contributed by atoms with Gasteiger partial charge in [-0.25, -0.2) is 0 Å². The van der Waals surface area contributed by atoms with Gasteiger partial charge in [0.05, 0.1) is 0 Å². The molecular weight excluding hydrogens is 162 g/mol. The zero-order chi connectivity index (χ0) is 9.90. The van der Waals surface area contributed by atoms with Gasteiger partial charge in [-0.3, -0.25) is 4.90 Å². The van der Waals surface area contributed by atoms with E-state index in [0.29, 0.717) is 6.04 Å². The Balaban J connectivity index is 2.49. The van der Waals surface area contributed by atoms with Crippen molar-refractivity contribution in [2.75, 3.05) is 32.7 Å². The molecule has 1 rings (SSSR count). The van der Waals surface area contributed by atoms with Crippen LogP contribution in [-0.2, 0) is 0 Å². The summed E-state index contributed by atoms with van der Waals surface area (Å²) < 4.78 is 0. The lowest BCUT2D eigenvalue weighted by atomic mass is 9.84. The van der Waals surface area contributed by atoms with Crippen molar-refractivity contribution < 1.29 is 0 Å². The lowest BCUT2D eigenvalue weighted by molar-refractivity contribution is 0.0932. The van der Waals surface area contributed by atoms with Crippen molar-refractivity contribution in [3.8, 4) is 0 Å². The molecule has 3 nitrogen and oxygen atoms in total. The van der Waals surface area contributed by atoms with Gasteiger partial charge < -0.3 is 11.1 Å². The van der Waals surface area contributed by atoms with Crippen molar-refractivity contribution in [1.29, 1.82) is 0 Å². The third-order valence-electron chi connectivity index (χ3n) is 3.36. The van der Waals surface area contributed by atoms with E-state index in [4.69, 9.17) is 5.73 Å². The van der Waals surface area contributed by atoms with Gasteiger partial charge in [-0.2, -0.15) is 0 Å². The topological polar surface area (TPSA) is 41.3 Å². The summed E-state index contributed by atoms with van der Waals surface area (Å²) in [7, 11) is 0. The van der Waals surface area contributed by atoms with E-state index in [-0.39, 0.29) is 5.41 Å². The summed E-state index contributed by atoms with van der Waals surface area (Å²) in [5.74, 6) is 0. The van der Waals surface area contributed by atoms with E-state index in [1.165, 1.54) is 0 Å². The van der Waals surface area contributed by atoms with E-state index in [0.717, 1.165) is 32.7 Å². The lowest BCUT2D eigenvalue weighted by Gasteiger charge is -2.41. The van der Waals surface area contributed by atoms with Crippen LogP contribution in [0.3, 0.4) is 0 Å². The molecule has 0 amide bonds. The van der Waals surface area contributed by atoms with Crippen LogP contribution in [0.5, 0.6) is 0 Å². The molecular formula is C10H23N3. The summed E-state index contributed by atoms with van der Waals surface area (Å²) in [6.07, 6.45) is 0. The van der Waals surface area contributed by atoms with Gasteiger partial charge in [0, 0.05) is 32.2 Å². The molecule has 1 heterocycles. The van der Waals surface area contributed by atoms with Gasteiger partial charge in [0.1, 0.15) is 0 Å². The summed E-state index contributed by atoms with van der Waals surface area (Å²) in [6, 6.07) is 0.583. The average Bonchev–Trinajstić information content (AvgIpc) is 2.18. The Labute approximate surface area is 81.7 Å². The highest BCUT2D eigenvalue weighted by molar-refractivity contribution is 4.85. The van der Waals surface area contributed by atoms with E-state index in [1.807, 2.05) is 0 Å². The molecule has 78 valence electrons. The molecule has 1 aliphatic rings. The molecule has 13 heavy (non-hydrogen) atoms. The van der Waals surface area contributed by atoms with Gasteiger partial charge in [0.25, 0.3) is 0 Å². The smallest absolute Gasteiger partial charge is 0.0131 e. The molecule has 3 N–H and O–H groups in total. The minimum absolute atomic E-state index is 0.233. The number of hydrogen-bond acceptors (Lipinski definition) is 3. The van der Waals surface area contributed by atoms with Crippen LogP contribution >= 0.6 is 0 Å². The van der Waals surface area contributed by atoms with Crippen molar-refractivity contribution in [1.82, 2.24) is 10.2 Å². The molecule has 1 aliphatic heterocycles. The molecule has 0 spiro atoms. The van der Waals surface area contributed by atoms with Gasteiger partial charge in [-0.15, -0.1) is 0 Å². The van der Waals surface area contributed by atoms with Gasteiger partial charge in [-0.05, 0) is 18.9 Å². The maximum atomic E-state index is 5.77. The Bertz CT molecular complexity index is 150. The number of nitrogens with two attached hydrogens (primary N) is 1. The van der Waals surface area contributed by atoms with E-state index in [9.17, 15) is 0 Å². The average molecular weight is 185 g/mol. The first kappa shape index (κ1) is 11.0. The molecule has 0 radical (unpaired) electrons. The molecule has 3 heteroatoms. The minimum Gasteiger partial charge on any atom is -0.330 e. The van der Waals surface area contributed by atoms with E-state index in [1.54, 1.807) is 0 Å². The highest BCUT2D eigenvalue weighted by atomic mass is 15.2. The van der Waals surface area contributed by atoms with Gasteiger partial charge in [-0.1, -0.05) is 13.8 Å². The predicted octanol–water partition coefficient (Wildman–Crippen LogP) is 0.265. The SMILES string of the molecule is CC(N1CCNCC1)C(C)(C)CN. The minimum atomic E-state index is 0.233. The van der Waals surface area contributed by atoms with E-state index >= 15 is 0 Å². The summed E-state index contributed by atoms with van der Waals surface area (Å²) >= 11 is 0. The summed E-state index contributed by atoms with van der Waals surface area (Å²) in [5, 5.41) is 3.37. The predicted molar refractivity (Wildman–Crippen MR) is 56.7 cm³/mol. The normalized spacial score (nSPS) is 23.1. The summed E-state index contributed by atoms with van der Waals surface area (Å²) in [4.78, 5) is 2.53. The fraction of sp³-hybridized carbons (Fsp3) is 1.00. The second kappa shape index (κ2) is 4.40. The van der Waals surface area contributed by atoms with Gasteiger partial charge >= 0.3 is 0 Å². The molecule has 0 aliphatic carbocycles. The van der Waals surface area contributed by atoms with Crippen molar-refractivity contribution in [3.63, 3.8) is 0 Å². The Morgan fingerprint density at radius 2 is 1.92 bits per heavy atom. The van der Waals surface area contributed by atoms with E-state index in [2.05, 4.69) is 31.0 Å². The highest BCUT2D eigenvalue weighted by Gasteiger charge is 2.29. The van der Waals surface area contributed by atoms with Gasteiger partial charge in [0.15, 0.2) is 0 Å². The number of rotatable bonds is 3. The molecule has 1 fully saturated rings. The molecule has 0 aromatic carbocycles. The van der Waals surface area contributed by atoms with Crippen molar-refractivity contribution >= 4 is 0 Å². The zero-order valence-corrected chi connectivity index (χ0v) is 9.14. The van der Waals surface area contributed by atoms with Gasteiger partial charge in [0.2, 0.25) is 0 Å². The number of hydrogen-bond donors (Lipinski definition) is 2. The third-order valence-corrected chi connectivity index (χ3v) is 3.36. The Morgan fingerprint density at radius 3 is 2.38 bits per heavy atom. The number of nitrogens with one attached hydrogen (secondary N) is 1. The number of nitrogens with zero attached hydrogens (tertiary/aromatic N) is 1. The van der Waals surface area contributed by atoms with Crippen LogP contribution in [0.25, 0.3) is 0 Å². The standard InChI is InChI=1S/C10H23N3/c1-9(10(2,3)8-11)13-6-4-12-5-7-13/h9,12H,4-8,11H2,1-3H3. The maximum Gasteiger partial charge on any atom is 0.0131 e. The first-order chi connectivity index (χ1) is 6.08. The number of piperazine rings is 1. The quantitative estimate of drug-likeness (QED) is 0.663. The molecule has 0 aromatic heterocycles. The second-order valence-corrected chi connectivity index (χ2v) is 4.65. The second-order valence-electron chi connectivity index (χ2n) is 4.65. The Morgan fingerprint density at radius 1 is 1.38 bits per heavy atom. The Kier molecular flexibility index (Phi) is 3.71. The zero-order valence-electron chi connectivity index (χ0n) is 9.14. The molecule has 0 aromatic rings. The molecule has 0 bridgehead atoms. The largest absolute Gasteiger partial charge is 0.330 e. The van der Waals surface area contributed by atoms with Crippen LogP contribution in [0.2, 0.25) is 0 Å². The highest BCUT2D eigenvalue weighted by Crippen LogP contribution is 2.23. The van der Waals surface area contributed by atoms with Crippen molar-refractivity contribution in [2.24, 2.45) is 11.1 Å². The third kappa shape index (κ3) is 2.66. The van der Waals surface area contributed by atoms with Crippen molar-refractivity contribution in [2.45, 2.75) is 26.8 Å². The molecule has 0 saturated carbocycles. The van der Waals surface area contributed by atoms with Crippen LogP contribution in [0.15, 0.2) is 0 Å². The fourth-order valence-electron chi connectivity index (χ4n) is 1.73. The first-order valence-electron chi connectivity index (χ1n) is 5.23. The van der Waals surface area contributed by atoms with Crippen LogP contribution in [0.4, 0.5) is 0 Å². The van der Waals surface area contributed by atoms with Crippen LogP contribution in [0.1, 0.15) is 20.8 Å². The maximum absolute atomic E-state index is 5.77. The molecule has 1 unspecified atom stereocenters. The monoisotopic (exact) mass is 185 g/mol. The molecule has 1 atom stereocenters. The summed E-state index contributed by atoms with van der Waals surface area (Å²) in [6.45, 7) is 12.1. The lowest BCUT2D eigenvalue weighted by Crippen LogP contribution is -2.53. The van der Waals surface area contributed by atoms with Crippen molar-refractivity contribution in [3.05, 3.63) is 0 Å². The van der Waals surface area contributed by atoms with E-state index < -0.39 is 0 Å². The van der Waals surface area contributed by atoms with Crippen LogP contribution in [0, 0.1) is 5.41 Å². The Hall–Kier alpha value is -0.120. The van der Waals surface area contributed by atoms with Crippen LogP contribution in [-0.4, -0.2) is 43.7 Å². The first-order valence-corrected chi connectivity index (χ1v) is 5.23. The summed E-state index contributed by atoms with van der Waals surface area (Å²) in [5.41, 5.74) is 6.01.